The van der Waals surface area contributed by atoms with Crippen LogP contribution < -0.4 is 4.74 Å². The van der Waals surface area contributed by atoms with Crippen LogP contribution >= 0.6 is 0 Å². The molecule has 0 fully saturated rings. The first-order valence-corrected chi connectivity index (χ1v) is 4.94. The van der Waals surface area contributed by atoms with Crippen molar-refractivity contribution in [1.29, 1.82) is 0 Å². The molecule has 0 aliphatic heterocycles. The highest BCUT2D eigenvalue weighted by Crippen LogP contribution is 2.38. The van der Waals surface area contributed by atoms with E-state index in [2.05, 4.69) is 0 Å². The number of carbonyl (C=O) groups is 1. The average molecular weight is 216 g/mol. The van der Waals surface area contributed by atoms with E-state index in [1.807, 2.05) is 18.2 Å². The van der Waals surface area contributed by atoms with Gasteiger partial charge in [-0.3, -0.25) is 4.79 Å². The SMILES string of the molecule is COc1c(C)c(C=O)c(O)c2ccccc12. The van der Waals surface area contributed by atoms with Crippen molar-refractivity contribution in [3.8, 4) is 11.5 Å². The zero-order valence-electron chi connectivity index (χ0n) is 9.15. The monoisotopic (exact) mass is 216 g/mol. The fourth-order valence-corrected chi connectivity index (χ4v) is 1.94. The maximum absolute atomic E-state index is 10.9. The van der Waals surface area contributed by atoms with E-state index in [0.717, 1.165) is 5.39 Å². The lowest BCUT2D eigenvalue weighted by Gasteiger charge is -2.13. The number of ether oxygens (including phenoxy) is 1. The van der Waals surface area contributed by atoms with Crippen LogP contribution in [0.1, 0.15) is 15.9 Å². The topological polar surface area (TPSA) is 46.5 Å². The van der Waals surface area contributed by atoms with Gasteiger partial charge in [-0.25, -0.2) is 0 Å². The van der Waals surface area contributed by atoms with Gasteiger partial charge in [0.1, 0.15) is 11.5 Å². The van der Waals surface area contributed by atoms with Crippen LogP contribution in [0.5, 0.6) is 11.5 Å². The van der Waals surface area contributed by atoms with Crippen molar-refractivity contribution in [2.24, 2.45) is 0 Å². The van der Waals surface area contributed by atoms with Gasteiger partial charge in [-0.1, -0.05) is 24.3 Å². The summed E-state index contributed by atoms with van der Waals surface area (Å²) in [5, 5.41) is 11.4. The fourth-order valence-electron chi connectivity index (χ4n) is 1.94. The van der Waals surface area contributed by atoms with Gasteiger partial charge in [0.25, 0.3) is 0 Å². The Balaban J connectivity index is 2.99. The number of aldehydes is 1. The van der Waals surface area contributed by atoms with Crippen LogP contribution in [0.2, 0.25) is 0 Å². The average Bonchev–Trinajstić information content (AvgIpc) is 2.30. The summed E-state index contributed by atoms with van der Waals surface area (Å²) in [5.74, 6) is 0.652. The Bertz CT molecular complexity index is 559. The van der Waals surface area contributed by atoms with E-state index in [9.17, 15) is 9.90 Å². The Labute approximate surface area is 93.3 Å². The Hall–Kier alpha value is -2.03. The lowest BCUT2D eigenvalue weighted by atomic mass is 9.99. The molecule has 2 rings (SSSR count). The van der Waals surface area contributed by atoms with Crippen LogP contribution in [-0.2, 0) is 0 Å². The first kappa shape index (κ1) is 10.5. The number of aromatic hydroxyl groups is 1. The normalized spacial score (nSPS) is 10.4. The van der Waals surface area contributed by atoms with Crippen molar-refractivity contribution in [1.82, 2.24) is 0 Å². The lowest BCUT2D eigenvalue weighted by Crippen LogP contribution is -1.95. The van der Waals surface area contributed by atoms with Crippen LogP contribution in [0.3, 0.4) is 0 Å². The maximum Gasteiger partial charge on any atom is 0.154 e. The molecule has 0 radical (unpaired) electrons. The van der Waals surface area contributed by atoms with E-state index >= 15 is 0 Å². The number of benzene rings is 2. The zero-order valence-corrected chi connectivity index (χ0v) is 9.15. The molecule has 2 aromatic rings. The quantitative estimate of drug-likeness (QED) is 0.785. The second-order valence-corrected chi connectivity index (χ2v) is 3.58. The van der Waals surface area contributed by atoms with Gasteiger partial charge in [-0.15, -0.1) is 0 Å². The molecule has 3 nitrogen and oxygen atoms in total. The summed E-state index contributed by atoms with van der Waals surface area (Å²) in [5.41, 5.74) is 0.948. The second-order valence-electron chi connectivity index (χ2n) is 3.58. The maximum atomic E-state index is 10.9. The third kappa shape index (κ3) is 1.33. The van der Waals surface area contributed by atoms with Crippen molar-refractivity contribution in [2.75, 3.05) is 7.11 Å². The molecule has 82 valence electrons. The molecule has 0 heterocycles. The van der Waals surface area contributed by atoms with Crippen LogP contribution in [0, 0.1) is 6.92 Å². The van der Waals surface area contributed by atoms with Crippen LogP contribution in [-0.4, -0.2) is 18.5 Å². The summed E-state index contributed by atoms with van der Waals surface area (Å²) in [6, 6.07) is 7.30. The van der Waals surface area contributed by atoms with Gasteiger partial charge in [0.15, 0.2) is 6.29 Å². The molecule has 0 unspecified atom stereocenters. The van der Waals surface area contributed by atoms with Crippen LogP contribution in [0.15, 0.2) is 24.3 Å². The van der Waals surface area contributed by atoms with E-state index < -0.39 is 0 Å². The first-order valence-electron chi connectivity index (χ1n) is 4.94. The summed E-state index contributed by atoms with van der Waals surface area (Å²) < 4.78 is 5.29. The predicted molar refractivity (Wildman–Crippen MR) is 62.3 cm³/mol. The molecule has 0 spiro atoms. The van der Waals surface area contributed by atoms with Crippen molar-refractivity contribution >= 4 is 17.1 Å². The van der Waals surface area contributed by atoms with E-state index in [4.69, 9.17) is 4.74 Å². The first-order chi connectivity index (χ1) is 7.70. The number of phenolic OH excluding ortho intramolecular Hbond substituents is 1. The lowest BCUT2D eigenvalue weighted by molar-refractivity contribution is 0.112. The third-order valence-corrected chi connectivity index (χ3v) is 2.75. The molecule has 16 heavy (non-hydrogen) atoms. The summed E-state index contributed by atoms with van der Waals surface area (Å²) in [6.07, 6.45) is 0.652. The largest absolute Gasteiger partial charge is 0.507 e. The molecule has 0 aromatic heterocycles. The van der Waals surface area contributed by atoms with E-state index in [1.54, 1.807) is 20.1 Å². The molecule has 0 aliphatic carbocycles. The highest BCUT2D eigenvalue weighted by molar-refractivity contribution is 6.01. The van der Waals surface area contributed by atoms with Gasteiger partial charge >= 0.3 is 0 Å². The molecule has 0 atom stereocenters. The molecule has 0 aliphatic rings. The summed E-state index contributed by atoms with van der Waals surface area (Å²) in [4.78, 5) is 10.9. The minimum absolute atomic E-state index is 0.0175. The molecule has 2 aromatic carbocycles. The van der Waals surface area contributed by atoms with Crippen LogP contribution in [0.4, 0.5) is 0 Å². The highest BCUT2D eigenvalue weighted by Gasteiger charge is 2.15. The number of hydrogen-bond acceptors (Lipinski definition) is 3. The summed E-state index contributed by atoms with van der Waals surface area (Å²) >= 11 is 0. The van der Waals surface area contributed by atoms with E-state index in [0.29, 0.717) is 23.0 Å². The molecular formula is C13H12O3. The van der Waals surface area contributed by atoms with Crippen molar-refractivity contribution in [2.45, 2.75) is 6.92 Å². The Morgan fingerprint density at radius 3 is 2.44 bits per heavy atom. The molecule has 0 amide bonds. The standard InChI is InChI=1S/C13H12O3/c1-8-11(7-14)12(15)9-5-3-4-6-10(9)13(8)16-2/h3-7,15H,1-2H3. The van der Waals surface area contributed by atoms with Gasteiger partial charge in [0, 0.05) is 16.3 Å². The highest BCUT2D eigenvalue weighted by atomic mass is 16.5. The molecule has 3 heteroatoms. The zero-order chi connectivity index (χ0) is 11.7. The van der Waals surface area contributed by atoms with Gasteiger partial charge < -0.3 is 9.84 Å². The minimum atomic E-state index is 0.0175. The van der Waals surface area contributed by atoms with Crippen molar-refractivity contribution < 1.29 is 14.6 Å². The fraction of sp³-hybridized carbons (Fsp3) is 0.154. The number of rotatable bonds is 2. The number of fused-ring (bicyclic) bond motifs is 1. The number of methoxy groups -OCH3 is 1. The van der Waals surface area contributed by atoms with Crippen molar-refractivity contribution in [3.05, 3.63) is 35.4 Å². The van der Waals surface area contributed by atoms with Crippen LogP contribution in [0.25, 0.3) is 10.8 Å². The molecule has 0 bridgehead atoms. The van der Waals surface area contributed by atoms with Gasteiger partial charge in [-0.05, 0) is 6.92 Å². The van der Waals surface area contributed by atoms with Gasteiger partial charge in [-0.2, -0.15) is 0 Å². The Morgan fingerprint density at radius 2 is 1.88 bits per heavy atom. The van der Waals surface area contributed by atoms with Gasteiger partial charge in [0.2, 0.25) is 0 Å². The minimum Gasteiger partial charge on any atom is -0.507 e. The molecule has 1 N–H and O–H groups in total. The molecule has 0 saturated heterocycles. The predicted octanol–water partition coefficient (Wildman–Crippen LogP) is 2.67. The smallest absolute Gasteiger partial charge is 0.154 e. The summed E-state index contributed by atoms with van der Waals surface area (Å²) in [7, 11) is 1.56. The Kier molecular flexibility index (Phi) is 2.52. The number of phenols is 1. The summed E-state index contributed by atoms with van der Waals surface area (Å²) in [6.45, 7) is 1.76. The van der Waals surface area contributed by atoms with E-state index in [1.165, 1.54) is 0 Å². The second kappa shape index (κ2) is 3.85. The number of hydrogen-bond donors (Lipinski definition) is 1. The Morgan fingerprint density at radius 1 is 1.25 bits per heavy atom. The third-order valence-electron chi connectivity index (χ3n) is 2.75. The number of carbonyl (C=O) groups excluding carboxylic acids is 1. The van der Waals surface area contributed by atoms with Gasteiger partial charge in [0.05, 0.1) is 12.7 Å². The molecule has 0 saturated carbocycles. The molecular weight excluding hydrogens is 204 g/mol. The van der Waals surface area contributed by atoms with E-state index in [-0.39, 0.29) is 11.3 Å². The van der Waals surface area contributed by atoms with Crippen molar-refractivity contribution in [3.63, 3.8) is 0 Å².